The van der Waals surface area contributed by atoms with Crippen molar-refractivity contribution in [2.75, 3.05) is 0 Å². The van der Waals surface area contributed by atoms with Crippen molar-refractivity contribution in [3.05, 3.63) is 129 Å². The molecule has 0 bridgehead atoms. The predicted molar refractivity (Wildman–Crippen MR) is 140 cm³/mol. The number of aryl methyl sites for hydroxylation is 1. The van der Waals surface area contributed by atoms with Crippen LogP contribution >= 0.6 is 34.8 Å². The summed E-state index contributed by atoms with van der Waals surface area (Å²) >= 11 is 19.5. The molecule has 0 aliphatic heterocycles. The summed E-state index contributed by atoms with van der Waals surface area (Å²) in [4.78, 5) is 8.79. The number of halogens is 3. The van der Waals surface area contributed by atoms with Crippen LogP contribution in [-0.2, 0) is 5.60 Å². The second-order valence-corrected chi connectivity index (χ2v) is 9.26. The van der Waals surface area contributed by atoms with E-state index in [0.717, 1.165) is 11.1 Å². The molecule has 0 aliphatic carbocycles. The molecule has 3 nitrogen and oxygen atoms in total. The summed E-state index contributed by atoms with van der Waals surface area (Å²) in [6.45, 7) is 1.99. The molecule has 0 saturated heterocycles. The Kier molecular flexibility index (Phi) is 6.05. The first kappa shape index (κ1) is 22.8. The van der Waals surface area contributed by atoms with Gasteiger partial charge < -0.3 is 5.11 Å². The average Bonchev–Trinajstić information content (AvgIpc) is 2.84. The minimum Gasteiger partial charge on any atom is -0.376 e. The third-order valence-corrected chi connectivity index (χ3v) is 6.83. The molecule has 6 heteroatoms. The monoisotopic (exact) mass is 504 g/mol. The number of rotatable bonds is 4. The van der Waals surface area contributed by atoms with Gasteiger partial charge in [-0.25, -0.2) is 9.97 Å². The van der Waals surface area contributed by atoms with Crippen LogP contribution in [0.3, 0.4) is 0 Å². The van der Waals surface area contributed by atoms with Gasteiger partial charge in [0.2, 0.25) is 0 Å². The van der Waals surface area contributed by atoms with Crippen molar-refractivity contribution in [3.8, 4) is 11.1 Å². The van der Waals surface area contributed by atoms with Gasteiger partial charge in [-0.05, 0) is 41.8 Å². The third-order valence-electron chi connectivity index (χ3n) is 5.94. The van der Waals surface area contributed by atoms with Crippen LogP contribution in [0.25, 0.3) is 22.0 Å². The van der Waals surface area contributed by atoms with Gasteiger partial charge in [0.15, 0.2) is 0 Å². The van der Waals surface area contributed by atoms with Crippen molar-refractivity contribution in [1.29, 1.82) is 0 Å². The van der Waals surface area contributed by atoms with E-state index in [1.165, 1.54) is 0 Å². The summed E-state index contributed by atoms with van der Waals surface area (Å²) in [5, 5.41) is 14.1. The molecule has 34 heavy (non-hydrogen) atoms. The average molecular weight is 506 g/mol. The number of benzene rings is 3. The van der Waals surface area contributed by atoms with E-state index in [4.69, 9.17) is 34.8 Å². The van der Waals surface area contributed by atoms with Gasteiger partial charge in [0.1, 0.15) is 15.9 Å². The number of hydrogen-bond donors (Lipinski definition) is 1. The molecule has 168 valence electrons. The molecular weight excluding hydrogens is 487 g/mol. The van der Waals surface area contributed by atoms with E-state index in [1.54, 1.807) is 18.3 Å². The largest absolute Gasteiger partial charge is 0.376 e. The van der Waals surface area contributed by atoms with E-state index < -0.39 is 5.60 Å². The summed E-state index contributed by atoms with van der Waals surface area (Å²) in [6, 6.07) is 26.4. The number of aromatic nitrogens is 2. The SMILES string of the molecule is Cc1cccc(C(O)(c2ccc(Cl)nc2)c2ccc3nc(Cl)c(-c4ccccc4)c(Cl)c3c2)c1. The van der Waals surface area contributed by atoms with E-state index >= 15 is 0 Å². The molecule has 0 saturated carbocycles. The highest BCUT2D eigenvalue weighted by molar-refractivity contribution is 6.42. The molecule has 2 aromatic heterocycles. The lowest BCUT2D eigenvalue weighted by Crippen LogP contribution is -2.29. The second kappa shape index (κ2) is 9.01. The molecule has 0 spiro atoms. The van der Waals surface area contributed by atoms with Crippen LogP contribution in [0.2, 0.25) is 15.3 Å². The molecule has 5 rings (SSSR count). The van der Waals surface area contributed by atoms with E-state index in [-0.39, 0.29) is 0 Å². The van der Waals surface area contributed by atoms with Gasteiger partial charge in [-0.2, -0.15) is 0 Å². The van der Waals surface area contributed by atoms with E-state index in [2.05, 4.69) is 9.97 Å². The number of pyridine rings is 2. The van der Waals surface area contributed by atoms with Gasteiger partial charge in [0.05, 0.1) is 10.5 Å². The van der Waals surface area contributed by atoms with Crippen molar-refractivity contribution in [2.24, 2.45) is 0 Å². The maximum Gasteiger partial charge on any atom is 0.142 e. The van der Waals surface area contributed by atoms with Crippen LogP contribution in [0.4, 0.5) is 0 Å². The normalized spacial score (nSPS) is 13.1. The van der Waals surface area contributed by atoms with Gasteiger partial charge >= 0.3 is 0 Å². The first-order valence-corrected chi connectivity index (χ1v) is 11.8. The Bertz CT molecular complexity index is 1500. The fraction of sp³-hybridized carbons (Fsp3) is 0.0714. The first-order chi connectivity index (χ1) is 16.4. The number of hydrogen-bond acceptors (Lipinski definition) is 3. The standard InChI is InChI=1S/C28H19Cl3N2O/c1-17-6-5-9-19(14-17)28(34,21-11-13-24(29)32-16-21)20-10-12-23-22(15-20)26(30)25(27(31)33-23)18-7-3-2-4-8-18/h2-16,34H,1H3. The molecule has 1 atom stereocenters. The minimum atomic E-state index is -1.49. The predicted octanol–water partition coefficient (Wildman–Crippen LogP) is 7.85. The third kappa shape index (κ3) is 3.95. The van der Waals surface area contributed by atoms with Crippen molar-refractivity contribution in [3.63, 3.8) is 0 Å². The molecule has 3 aromatic carbocycles. The summed E-state index contributed by atoms with van der Waals surface area (Å²) in [5.41, 5.74) is 3.61. The molecule has 2 heterocycles. The topological polar surface area (TPSA) is 46.0 Å². The number of nitrogens with zero attached hydrogens (tertiary/aromatic N) is 2. The summed E-state index contributed by atoms with van der Waals surface area (Å²) in [7, 11) is 0. The lowest BCUT2D eigenvalue weighted by atomic mass is 9.80. The lowest BCUT2D eigenvalue weighted by Gasteiger charge is -2.30. The van der Waals surface area contributed by atoms with E-state index in [1.807, 2.05) is 79.7 Å². The van der Waals surface area contributed by atoms with Crippen molar-refractivity contribution in [2.45, 2.75) is 12.5 Å². The lowest BCUT2D eigenvalue weighted by molar-refractivity contribution is 0.125. The van der Waals surface area contributed by atoms with Crippen LogP contribution in [0.5, 0.6) is 0 Å². The Morgan fingerprint density at radius 3 is 2.21 bits per heavy atom. The fourth-order valence-electron chi connectivity index (χ4n) is 4.23. The number of fused-ring (bicyclic) bond motifs is 1. The molecule has 0 radical (unpaired) electrons. The number of aliphatic hydroxyl groups is 1. The van der Waals surface area contributed by atoms with Crippen molar-refractivity contribution < 1.29 is 5.11 Å². The summed E-state index contributed by atoms with van der Waals surface area (Å²) in [6.07, 6.45) is 1.59. The highest BCUT2D eigenvalue weighted by Gasteiger charge is 2.35. The fourth-order valence-corrected chi connectivity index (χ4v) is 5.04. The molecule has 1 N–H and O–H groups in total. The van der Waals surface area contributed by atoms with Crippen molar-refractivity contribution >= 4 is 45.7 Å². The maximum absolute atomic E-state index is 12.3. The smallest absolute Gasteiger partial charge is 0.142 e. The molecule has 1 unspecified atom stereocenters. The van der Waals surface area contributed by atoms with Gasteiger partial charge in [-0.3, -0.25) is 0 Å². The van der Waals surface area contributed by atoms with Crippen LogP contribution in [0.1, 0.15) is 22.3 Å². The van der Waals surface area contributed by atoms with Crippen LogP contribution in [0.15, 0.2) is 91.1 Å². The Balaban J connectivity index is 1.78. The Hall–Kier alpha value is -2.95. The highest BCUT2D eigenvalue weighted by Crippen LogP contribution is 2.42. The zero-order valence-corrected chi connectivity index (χ0v) is 20.4. The molecule has 0 aliphatic rings. The van der Waals surface area contributed by atoms with Gasteiger partial charge in [0, 0.05) is 22.7 Å². The van der Waals surface area contributed by atoms with Gasteiger partial charge in [-0.15, -0.1) is 0 Å². The second-order valence-electron chi connectivity index (χ2n) is 8.14. The minimum absolute atomic E-state index is 0.326. The summed E-state index contributed by atoms with van der Waals surface area (Å²) < 4.78 is 0. The molecule has 5 aromatic rings. The van der Waals surface area contributed by atoms with E-state index in [0.29, 0.717) is 48.5 Å². The summed E-state index contributed by atoms with van der Waals surface area (Å²) in [5.74, 6) is 0. The van der Waals surface area contributed by atoms with Crippen molar-refractivity contribution in [1.82, 2.24) is 9.97 Å². The van der Waals surface area contributed by atoms with Crippen LogP contribution < -0.4 is 0 Å². The maximum atomic E-state index is 12.3. The van der Waals surface area contributed by atoms with Gasteiger partial charge in [0.25, 0.3) is 0 Å². The van der Waals surface area contributed by atoms with E-state index in [9.17, 15) is 5.11 Å². The van der Waals surface area contributed by atoms with Crippen LogP contribution in [0, 0.1) is 6.92 Å². The molecular formula is C28H19Cl3N2O. The first-order valence-electron chi connectivity index (χ1n) is 10.6. The zero-order valence-electron chi connectivity index (χ0n) is 18.1. The van der Waals surface area contributed by atoms with Gasteiger partial charge in [-0.1, -0.05) is 107 Å². The zero-order chi connectivity index (χ0) is 23.9. The molecule has 0 fully saturated rings. The highest BCUT2D eigenvalue weighted by atomic mass is 35.5. The Morgan fingerprint density at radius 1 is 0.765 bits per heavy atom. The quantitative estimate of drug-likeness (QED) is 0.253. The van der Waals surface area contributed by atoms with Crippen LogP contribution in [-0.4, -0.2) is 15.1 Å². The Labute approximate surface area is 212 Å². The Morgan fingerprint density at radius 2 is 1.50 bits per heavy atom. The molecule has 0 amide bonds.